The number of nitrogens with zero attached hydrogens (tertiary/aromatic N) is 4. The summed E-state index contributed by atoms with van der Waals surface area (Å²) in [6, 6.07) is 4.19. The number of hydrogen-bond donors (Lipinski definition) is 3. The highest BCUT2D eigenvalue weighted by atomic mass is 35.5. The summed E-state index contributed by atoms with van der Waals surface area (Å²) in [7, 11) is 1.59. The molecule has 2 fully saturated rings. The number of nitrogens with one attached hydrogen (secondary N) is 2. The van der Waals surface area contributed by atoms with Crippen LogP contribution in [0.15, 0.2) is 29.2 Å². The van der Waals surface area contributed by atoms with Gasteiger partial charge in [0.1, 0.15) is 5.02 Å². The lowest BCUT2D eigenvalue weighted by Gasteiger charge is -2.25. The Kier molecular flexibility index (Phi) is 6.10. The van der Waals surface area contributed by atoms with Gasteiger partial charge in [0.2, 0.25) is 11.7 Å². The van der Waals surface area contributed by atoms with E-state index in [1.165, 1.54) is 10.8 Å². The molecular formula is C26H29ClF2N6O3. The van der Waals surface area contributed by atoms with Crippen molar-refractivity contribution in [3.05, 3.63) is 39.8 Å². The molecule has 3 N–H and O–H groups in total. The summed E-state index contributed by atoms with van der Waals surface area (Å²) < 4.78 is 36.7. The Hall–Kier alpha value is -3.18. The van der Waals surface area contributed by atoms with Gasteiger partial charge in [-0.3, -0.25) is 4.79 Å². The van der Waals surface area contributed by atoms with Crippen molar-refractivity contribution in [2.45, 2.75) is 31.7 Å². The molecule has 4 heterocycles. The number of alkyl halides is 2. The predicted octanol–water partition coefficient (Wildman–Crippen LogP) is 4.01. The molecule has 2 aromatic heterocycles. The van der Waals surface area contributed by atoms with Gasteiger partial charge in [-0.05, 0) is 42.9 Å². The van der Waals surface area contributed by atoms with Gasteiger partial charge in [-0.15, -0.1) is 0 Å². The molecule has 1 saturated carbocycles. The molecule has 0 radical (unpaired) electrons. The molecule has 9 nitrogen and oxygen atoms in total. The van der Waals surface area contributed by atoms with Crippen molar-refractivity contribution in [1.82, 2.24) is 14.5 Å². The first-order valence-electron chi connectivity index (χ1n) is 12.8. The van der Waals surface area contributed by atoms with Gasteiger partial charge >= 0.3 is 5.92 Å². The minimum absolute atomic E-state index is 0.103. The van der Waals surface area contributed by atoms with Crippen LogP contribution in [0.2, 0.25) is 5.02 Å². The number of aliphatic hydroxyl groups is 1. The summed E-state index contributed by atoms with van der Waals surface area (Å²) in [5.41, 5.74) is 0.980. The number of hydrogen-bond acceptors (Lipinski definition) is 8. The number of rotatable bonds is 5. The molecule has 0 bridgehead atoms. The van der Waals surface area contributed by atoms with Gasteiger partial charge in [-0.2, -0.15) is 4.98 Å². The Bertz CT molecular complexity index is 1460. The maximum atomic E-state index is 14.9. The fraction of sp³-hybridized carbons (Fsp3) is 0.500. The zero-order valence-electron chi connectivity index (χ0n) is 21.0. The summed E-state index contributed by atoms with van der Waals surface area (Å²) in [6.45, 7) is 2.71. The molecule has 1 aliphatic carbocycles. The summed E-state index contributed by atoms with van der Waals surface area (Å²) >= 11 is 6.42. The Morgan fingerprint density at radius 2 is 2.11 bits per heavy atom. The number of ether oxygens (including phenoxy) is 1. The molecule has 0 amide bonds. The molecule has 12 heteroatoms. The first-order chi connectivity index (χ1) is 18.2. The highest BCUT2D eigenvalue weighted by molar-refractivity contribution is 6.32. The van der Waals surface area contributed by atoms with Gasteiger partial charge < -0.3 is 29.9 Å². The lowest BCUT2D eigenvalue weighted by molar-refractivity contribution is -0.0579. The highest BCUT2D eigenvalue weighted by Crippen LogP contribution is 2.45. The quantitative estimate of drug-likeness (QED) is 0.441. The van der Waals surface area contributed by atoms with Crippen molar-refractivity contribution in [3.8, 4) is 5.75 Å². The van der Waals surface area contributed by atoms with Crippen molar-refractivity contribution in [2.75, 3.05) is 41.8 Å². The summed E-state index contributed by atoms with van der Waals surface area (Å²) in [4.78, 5) is 24.0. The van der Waals surface area contributed by atoms with Crippen LogP contribution in [0.5, 0.6) is 5.75 Å². The molecule has 0 spiro atoms. The third kappa shape index (κ3) is 4.31. The Morgan fingerprint density at radius 3 is 2.82 bits per heavy atom. The second-order valence-corrected chi connectivity index (χ2v) is 11.0. The van der Waals surface area contributed by atoms with Crippen LogP contribution in [0.1, 0.15) is 19.8 Å². The molecule has 0 unspecified atom stereocenters. The standard InChI is InChI=1S/C26H29ClF2N6O3/c1-13-9-35(10-15(13)11-36)25-30-8-18(27)23(33-25)31-16-5-6-19-17(7-16)20-21(24(37)34(19)2)38-12-26(28,29)22(32-20)14-3-4-14/h5-8,13-15,22,32,36H,3-4,9-12H2,1-2H3,(H,30,31,33)/t13-,15-,22+/m1/s1. The Morgan fingerprint density at radius 1 is 1.32 bits per heavy atom. The second kappa shape index (κ2) is 9.23. The summed E-state index contributed by atoms with van der Waals surface area (Å²) in [5.74, 6) is -2.05. The van der Waals surface area contributed by atoms with E-state index < -0.39 is 24.1 Å². The van der Waals surface area contributed by atoms with Crippen molar-refractivity contribution in [1.29, 1.82) is 0 Å². The lowest BCUT2D eigenvalue weighted by Crippen LogP contribution is -2.44. The molecule has 1 aromatic carbocycles. The van der Waals surface area contributed by atoms with Crippen LogP contribution in [0.3, 0.4) is 0 Å². The second-order valence-electron chi connectivity index (χ2n) is 10.6. The zero-order valence-corrected chi connectivity index (χ0v) is 21.8. The fourth-order valence-corrected chi connectivity index (χ4v) is 5.59. The van der Waals surface area contributed by atoms with Crippen LogP contribution in [-0.4, -0.2) is 57.9 Å². The number of anilines is 4. The van der Waals surface area contributed by atoms with E-state index in [0.717, 1.165) is 6.54 Å². The van der Waals surface area contributed by atoms with E-state index >= 15 is 0 Å². The van der Waals surface area contributed by atoms with Crippen LogP contribution in [0.25, 0.3) is 10.9 Å². The average Bonchev–Trinajstić information content (AvgIpc) is 3.67. The van der Waals surface area contributed by atoms with E-state index in [1.807, 2.05) is 4.90 Å². The highest BCUT2D eigenvalue weighted by Gasteiger charge is 2.51. The van der Waals surface area contributed by atoms with Crippen LogP contribution in [0.4, 0.5) is 31.9 Å². The van der Waals surface area contributed by atoms with Crippen molar-refractivity contribution in [2.24, 2.45) is 24.8 Å². The molecule has 3 aliphatic rings. The van der Waals surface area contributed by atoms with Gasteiger partial charge in [0, 0.05) is 43.7 Å². The SMILES string of the molecule is C[C@@H]1CN(c2ncc(Cl)c(Nc3ccc4c(c3)c3c(c(=O)n4C)OCC(F)(F)[C@H](C4CC4)N3)n2)C[C@@H]1CO. The van der Waals surface area contributed by atoms with Crippen LogP contribution >= 0.6 is 11.6 Å². The first-order valence-corrected chi connectivity index (χ1v) is 13.1. The van der Waals surface area contributed by atoms with Crippen LogP contribution in [-0.2, 0) is 7.05 Å². The maximum absolute atomic E-state index is 14.9. The molecule has 2 aliphatic heterocycles. The van der Waals surface area contributed by atoms with Crippen molar-refractivity contribution < 1.29 is 18.6 Å². The normalized spacial score (nSPS) is 24.5. The van der Waals surface area contributed by atoms with Gasteiger partial charge in [-0.1, -0.05) is 18.5 Å². The Balaban J connectivity index is 1.37. The first kappa shape index (κ1) is 25.1. The van der Waals surface area contributed by atoms with Crippen molar-refractivity contribution in [3.63, 3.8) is 0 Å². The summed E-state index contributed by atoms with van der Waals surface area (Å²) in [5, 5.41) is 16.7. The minimum atomic E-state index is -3.11. The molecular weight excluding hydrogens is 518 g/mol. The van der Waals surface area contributed by atoms with E-state index in [-0.39, 0.29) is 29.9 Å². The van der Waals surface area contributed by atoms with Crippen LogP contribution in [0, 0.1) is 17.8 Å². The summed E-state index contributed by atoms with van der Waals surface area (Å²) in [6.07, 6.45) is 2.95. The smallest absolute Gasteiger partial charge is 0.301 e. The van der Waals surface area contributed by atoms with E-state index in [4.69, 9.17) is 16.3 Å². The number of benzene rings is 1. The topological polar surface area (TPSA) is 105 Å². The lowest BCUT2D eigenvalue weighted by atomic mass is 10.00. The Labute approximate surface area is 222 Å². The zero-order chi connectivity index (χ0) is 26.8. The monoisotopic (exact) mass is 546 g/mol. The number of halogens is 3. The average molecular weight is 547 g/mol. The molecule has 38 heavy (non-hydrogen) atoms. The minimum Gasteiger partial charge on any atom is -0.480 e. The largest absolute Gasteiger partial charge is 0.480 e. The van der Waals surface area contributed by atoms with Gasteiger partial charge in [-0.25, -0.2) is 13.8 Å². The maximum Gasteiger partial charge on any atom is 0.301 e. The molecule has 3 aromatic rings. The van der Waals surface area contributed by atoms with Crippen molar-refractivity contribution >= 4 is 45.6 Å². The molecule has 1 saturated heterocycles. The number of pyridine rings is 1. The van der Waals surface area contributed by atoms with Crippen LogP contribution < -0.4 is 25.8 Å². The fourth-order valence-electron chi connectivity index (χ4n) is 5.46. The molecule has 202 valence electrons. The predicted molar refractivity (Wildman–Crippen MR) is 142 cm³/mol. The number of fused-ring (bicyclic) bond motifs is 3. The third-order valence-corrected chi connectivity index (χ3v) is 8.17. The van der Waals surface area contributed by atoms with Gasteiger partial charge in [0.25, 0.3) is 5.56 Å². The number of aliphatic hydroxyl groups excluding tert-OH is 1. The van der Waals surface area contributed by atoms with Gasteiger partial charge in [0.15, 0.2) is 12.4 Å². The van der Waals surface area contributed by atoms with E-state index in [1.54, 1.807) is 25.2 Å². The molecule has 6 rings (SSSR count). The van der Waals surface area contributed by atoms with E-state index in [0.29, 0.717) is 58.7 Å². The number of aromatic nitrogens is 3. The van der Waals surface area contributed by atoms with E-state index in [2.05, 4.69) is 27.5 Å². The van der Waals surface area contributed by atoms with Gasteiger partial charge in [0.05, 0.1) is 23.4 Å². The third-order valence-electron chi connectivity index (χ3n) is 7.89. The van der Waals surface area contributed by atoms with E-state index in [9.17, 15) is 18.7 Å². The molecule has 3 atom stereocenters. The number of aryl methyl sites for hydroxylation is 1.